The van der Waals surface area contributed by atoms with Gasteiger partial charge in [0.25, 0.3) is 0 Å². The van der Waals surface area contributed by atoms with Crippen LogP contribution >= 0.6 is 0 Å². The van der Waals surface area contributed by atoms with Gasteiger partial charge in [-0.3, -0.25) is 9.38 Å². The Morgan fingerprint density at radius 2 is 1.77 bits per heavy atom. The van der Waals surface area contributed by atoms with Crippen molar-refractivity contribution in [3.8, 4) is 17.5 Å². The molecular formula is C27H23N7O. The van der Waals surface area contributed by atoms with E-state index in [1.165, 1.54) is 6.20 Å². The van der Waals surface area contributed by atoms with Crippen molar-refractivity contribution in [2.75, 3.05) is 5.32 Å². The highest BCUT2D eigenvalue weighted by Crippen LogP contribution is 2.27. The number of hydrogen-bond donors (Lipinski definition) is 2. The van der Waals surface area contributed by atoms with E-state index in [4.69, 9.17) is 0 Å². The van der Waals surface area contributed by atoms with E-state index in [2.05, 4.69) is 31.3 Å². The molecule has 0 radical (unpaired) electrons. The lowest BCUT2D eigenvalue weighted by molar-refractivity contribution is 0.215. The maximum absolute atomic E-state index is 10.6. The lowest BCUT2D eigenvalue weighted by Crippen LogP contribution is -2.11. The Bertz CT molecular complexity index is 1520. The molecule has 0 fully saturated rings. The van der Waals surface area contributed by atoms with Gasteiger partial charge in [0.1, 0.15) is 23.5 Å². The molecule has 0 amide bonds. The highest BCUT2D eigenvalue weighted by atomic mass is 16.3. The van der Waals surface area contributed by atoms with Gasteiger partial charge in [-0.15, -0.1) is 0 Å². The van der Waals surface area contributed by atoms with Crippen molar-refractivity contribution >= 4 is 11.6 Å². The summed E-state index contributed by atoms with van der Waals surface area (Å²) in [4.78, 5) is 17.7. The van der Waals surface area contributed by atoms with Crippen molar-refractivity contribution in [3.63, 3.8) is 0 Å². The van der Waals surface area contributed by atoms with E-state index >= 15 is 0 Å². The molecule has 2 atom stereocenters. The number of nitrogens with one attached hydrogen (secondary N) is 1. The summed E-state index contributed by atoms with van der Waals surface area (Å²) in [6.07, 6.45) is 6.04. The standard InChI is InChI=1S/C27H23N7O/c1-17-6-5-13-34-23(16-30-26(17)34)24-21(14-28)15-31-27(33-24)32-18(2)19-8-10-20(11-9-19)25(35)22-7-3-4-12-29-22/h3-13,15-16,18,25,35H,1-2H3,(H,31,32,33)/t18-,25?/m0/s1. The molecule has 4 aromatic heterocycles. The number of nitriles is 1. The summed E-state index contributed by atoms with van der Waals surface area (Å²) < 4.78 is 1.93. The van der Waals surface area contributed by atoms with E-state index in [1.54, 1.807) is 18.5 Å². The SMILES string of the molecule is Cc1cccn2c(-c3nc(N[C@@H](C)c4ccc(C(O)c5ccccn5)cc4)ncc3C#N)cnc12. The number of pyridine rings is 2. The van der Waals surface area contributed by atoms with Crippen LogP contribution in [0.3, 0.4) is 0 Å². The van der Waals surface area contributed by atoms with E-state index in [1.807, 2.05) is 73.0 Å². The number of benzene rings is 1. The van der Waals surface area contributed by atoms with Crippen LogP contribution in [0.4, 0.5) is 5.95 Å². The van der Waals surface area contributed by atoms with Crippen LogP contribution in [0.1, 0.15) is 47.0 Å². The molecule has 0 spiro atoms. The molecule has 2 N–H and O–H groups in total. The Kier molecular flexibility index (Phi) is 5.92. The van der Waals surface area contributed by atoms with Crippen molar-refractivity contribution < 1.29 is 5.11 Å². The first-order valence-corrected chi connectivity index (χ1v) is 11.2. The number of aliphatic hydroxyl groups is 1. The molecule has 0 saturated carbocycles. The van der Waals surface area contributed by atoms with E-state index in [9.17, 15) is 10.4 Å². The summed E-state index contributed by atoms with van der Waals surface area (Å²) in [5.41, 5.74) is 5.85. The molecule has 5 rings (SSSR count). The first-order chi connectivity index (χ1) is 17.0. The Balaban J connectivity index is 1.39. The molecule has 0 aliphatic carbocycles. The van der Waals surface area contributed by atoms with Gasteiger partial charge < -0.3 is 10.4 Å². The van der Waals surface area contributed by atoms with Crippen LogP contribution in [0.5, 0.6) is 0 Å². The second-order valence-corrected chi connectivity index (χ2v) is 8.29. The fraction of sp³-hybridized carbons (Fsp3) is 0.148. The largest absolute Gasteiger partial charge is 0.382 e. The molecular weight excluding hydrogens is 438 g/mol. The van der Waals surface area contributed by atoms with Crippen LogP contribution in [-0.2, 0) is 0 Å². The zero-order valence-corrected chi connectivity index (χ0v) is 19.3. The zero-order chi connectivity index (χ0) is 24.4. The number of fused-ring (bicyclic) bond motifs is 1. The average molecular weight is 462 g/mol. The van der Waals surface area contributed by atoms with Gasteiger partial charge in [0, 0.05) is 12.4 Å². The minimum absolute atomic E-state index is 0.110. The van der Waals surface area contributed by atoms with Crippen LogP contribution in [0, 0.1) is 18.3 Å². The van der Waals surface area contributed by atoms with Gasteiger partial charge in [-0.25, -0.2) is 15.0 Å². The molecule has 1 aromatic carbocycles. The molecule has 5 aromatic rings. The number of aromatic nitrogens is 5. The average Bonchev–Trinajstić information content (AvgIpc) is 3.34. The van der Waals surface area contributed by atoms with Gasteiger partial charge in [0.15, 0.2) is 0 Å². The lowest BCUT2D eigenvalue weighted by atomic mass is 10.0. The van der Waals surface area contributed by atoms with E-state index in [0.29, 0.717) is 22.9 Å². The smallest absolute Gasteiger partial charge is 0.223 e. The van der Waals surface area contributed by atoms with Gasteiger partial charge >= 0.3 is 0 Å². The molecule has 0 saturated heterocycles. The Hall–Kier alpha value is -4.61. The Morgan fingerprint density at radius 1 is 0.971 bits per heavy atom. The summed E-state index contributed by atoms with van der Waals surface area (Å²) in [6, 6.07) is 19.2. The highest BCUT2D eigenvalue weighted by Gasteiger charge is 2.17. The normalized spacial score (nSPS) is 12.7. The zero-order valence-electron chi connectivity index (χ0n) is 19.3. The Morgan fingerprint density at radius 3 is 2.51 bits per heavy atom. The van der Waals surface area contributed by atoms with Gasteiger partial charge in [0.2, 0.25) is 5.95 Å². The predicted octanol–water partition coefficient (Wildman–Crippen LogP) is 4.62. The number of aryl methyl sites for hydroxylation is 1. The minimum atomic E-state index is -0.785. The fourth-order valence-corrected chi connectivity index (χ4v) is 4.01. The fourth-order valence-electron chi connectivity index (χ4n) is 4.01. The van der Waals surface area contributed by atoms with Crippen molar-refractivity contribution in [1.82, 2.24) is 24.3 Å². The monoisotopic (exact) mass is 461 g/mol. The maximum atomic E-state index is 10.6. The topological polar surface area (TPSA) is 112 Å². The van der Waals surface area contributed by atoms with E-state index in [-0.39, 0.29) is 6.04 Å². The van der Waals surface area contributed by atoms with Gasteiger partial charge in [-0.1, -0.05) is 36.4 Å². The number of rotatable bonds is 6. The quantitative estimate of drug-likeness (QED) is 0.379. The number of hydrogen-bond acceptors (Lipinski definition) is 7. The van der Waals surface area contributed by atoms with Crippen LogP contribution in [0.25, 0.3) is 17.0 Å². The summed E-state index contributed by atoms with van der Waals surface area (Å²) in [5.74, 6) is 0.409. The number of anilines is 1. The molecule has 172 valence electrons. The van der Waals surface area contributed by atoms with Crippen molar-refractivity contribution in [1.29, 1.82) is 5.26 Å². The van der Waals surface area contributed by atoms with Crippen molar-refractivity contribution in [2.45, 2.75) is 26.0 Å². The first-order valence-electron chi connectivity index (χ1n) is 11.2. The van der Waals surface area contributed by atoms with Gasteiger partial charge in [0.05, 0.1) is 35.4 Å². The molecule has 0 bridgehead atoms. The predicted molar refractivity (Wildman–Crippen MR) is 132 cm³/mol. The van der Waals surface area contributed by atoms with Gasteiger partial charge in [-0.2, -0.15) is 5.26 Å². The Labute approximate surface area is 202 Å². The summed E-state index contributed by atoms with van der Waals surface area (Å²) in [6.45, 7) is 4.00. The third-order valence-electron chi connectivity index (χ3n) is 5.95. The summed E-state index contributed by atoms with van der Waals surface area (Å²) >= 11 is 0. The third kappa shape index (κ3) is 4.33. The highest BCUT2D eigenvalue weighted by molar-refractivity contribution is 5.68. The number of imidazole rings is 1. The molecule has 0 aliphatic rings. The minimum Gasteiger partial charge on any atom is -0.382 e. The lowest BCUT2D eigenvalue weighted by Gasteiger charge is -2.17. The summed E-state index contributed by atoms with van der Waals surface area (Å²) in [7, 11) is 0. The first kappa shape index (κ1) is 22.2. The second-order valence-electron chi connectivity index (χ2n) is 8.29. The third-order valence-corrected chi connectivity index (χ3v) is 5.95. The van der Waals surface area contributed by atoms with Crippen molar-refractivity contribution in [3.05, 3.63) is 107 Å². The van der Waals surface area contributed by atoms with E-state index in [0.717, 1.165) is 28.0 Å². The van der Waals surface area contributed by atoms with Crippen LogP contribution < -0.4 is 5.32 Å². The molecule has 1 unspecified atom stereocenters. The molecule has 0 aliphatic heterocycles. The molecule has 35 heavy (non-hydrogen) atoms. The second kappa shape index (κ2) is 9.33. The van der Waals surface area contributed by atoms with Crippen LogP contribution in [-0.4, -0.2) is 29.4 Å². The van der Waals surface area contributed by atoms with Gasteiger partial charge in [-0.05, 0) is 48.7 Å². The van der Waals surface area contributed by atoms with Crippen molar-refractivity contribution in [2.24, 2.45) is 0 Å². The van der Waals surface area contributed by atoms with Crippen LogP contribution in [0.15, 0.2) is 79.4 Å². The number of aliphatic hydroxyl groups excluding tert-OH is 1. The van der Waals surface area contributed by atoms with E-state index < -0.39 is 6.10 Å². The summed E-state index contributed by atoms with van der Waals surface area (Å²) in [5, 5.41) is 23.5. The maximum Gasteiger partial charge on any atom is 0.223 e. The molecule has 8 heteroatoms. The van der Waals surface area contributed by atoms with Crippen LogP contribution in [0.2, 0.25) is 0 Å². The molecule has 4 heterocycles. The molecule has 8 nitrogen and oxygen atoms in total. The number of nitrogens with zero attached hydrogens (tertiary/aromatic N) is 6.